The quantitative estimate of drug-likeness (QED) is 0.761. The van der Waals surface area contributed by atoms with Gasteiger partial charge in [-0.25, -0.2) is 0 Å². The maximum Gasteiger partial charge on any atom is 0.223 e. The van der Waals surface area contributed by atoms with Crippen LogP contribution in [0.5, 0.6) is 11.5 Å². The summed E-state index contributed by atoms with van der Waals surface area (Å²) < 4.78 is 10.7. The lowest BCUT2D eigenvalue weighted by Gasteiger charge is -2.28. The number of amides is 1. The minimum atomic E-state index is 0.270. The number of carbonyl (C=O) groups excluding carboxylic acids is 1. The number of rotatable bonds is 7. The summed E-state index contributed by atoms with van der Waals surface area (Å²) in [6.07, 6.45) is 6.09. The van der Waals surface area contributed by atoms with Crippen LogP contribution in [0.4, 0.5) is 0 Å². The molecule has 25 heavy (non-hydrogen) atoms. The minimum Gasteiger partial charge on any atom is -0.497 e. The van der Waals surface area contributed by atoms with Gasteiger partial charge in [-0.3, -0.25) is 4.79 Å². The summed E-state index contributed by atoms with van der Waals surface area (Å²) in [4.78, 5) is 17.4. The lowest BCUT2D eigenvalue weighted by Crippen LogP contribution is -2.42. The predicted molar refractivity (Wildman–Crippen MR) is 98.3 cm³/mol. The van der Waals surface area contributed by atoms with Crippen LogP contribution < -0.4 is 9.47 Å². The van der Waals surface area contributed by atoms with Gasteiger partial charge < -0.3 is 19.3 Å². The topological polar surface area (TPSA) is 42.0 Å². The molecule has 1 aromatic carbocycles. The van der Waals surface area contributed by atoms with Crippen molar-refractivity contribution in [2.45, 2.75) is 44.6 Å². The third-order valence-electron chi connectivity index (χ3n) is 5.46. The fraction of sp³-hybridized carbons (Fsp3) is 0.650. The average Bonchev–Trinajstić information content (AvgIpc) is 3.31. The average molecular weight is 346 g/mol. The molecule has 2 saturated heterocycles. The smallest absolute Gasteiger partial charge is 0.223 e. The number of likely N-dealkylation sites (tertiary alicyclic amines) is 2. The SMILES string of the molecule is COc1ccc(OC)c(CCC(=O)N2CCC[C@@H]2CN2CCCC2)c1. The minimum absolute atomic E-state index is 0.270. The summed E-state index contributed by atoms with van der Waals surface area (Å²) in [5, 5.41) is 0. The van der Waals surface area contributed by atoms with E-state index in [0.29, 0.717) is 18.9 Å². The summed E-state index contributed by atoms with van der Waals surface area (Å²) in [7, 11) is 3.32. The summed E-state index contributed by atoms with van der Waals surface area (Å²) in [5.74, 6) is 1.89. The van der Waals surface area contributed by atoms with E-state index in [2.05, 4.69) is 9.80 Å². The fourth-order valence-corrected chi connectivity index (χ4v) is 4.08. The molecule has 0 N–H and O–H groups in total. The number of carbonyl (C=O) groups is 1. The number of hydrogen-bond acceptors (Lipinski definition) is 4. The Hall–Kier alpha value is -1.75. The Kier molecular flexibility index (Phi) is 6.19. The van der Waals surface area contributed by atoms with Crippen LogP contribution in [0.3, 0.4) is 0 Å². The molecular weight excluding hydrogens is 316 g/mol. The molecule has 0 aliphatic carbocycles. The third kappa shape index (κ3) is 4.46. The highest BCUT2D eigenvalue weighted by atomic mass is 16.5. The Morgan fingerprint density at radius 2 is 1.92 bits per heavy atom. The van der Waals surface area contributed by atoms with Crippen LogP contribution in [-0.2, 0) is 11.2 Å². The van der Waals surface area contributed by atoms with Crippen molar-refractivity contribution < 1.29 is 14.3 Å². The van der Waals surface area contributed by atoms with Crippen LogP contribution in [0.2, 0.25) is 0 Å². The van der Waals surface area contributed by atoms with Gasteiger partial charge in [-0.15, -0.1) is 0 Å². The number of aryl methyl sites for hydroxylation is 1. The van der Waals surface area contributed by atoms with Crippen LogP contribution in [-0.4, -0.2) is 62.1 Å². The molecule has 0 unspecified atom stereocenters. The second kappa shape index (κ2) is 8.56. The van der Waals surface area contributed by atoms with Crippen molar-refractivity contribution >= 4 is 5.91 Å². The van der Waals surface area contributed by atoms with Crippen molar-refractivity contribution in [1.82, 2.24) is 9.80 Å². The molecule has 1 aromatic rings. The zero-order chi connectivity index (χ0) is 17.6. The molecule has 0 bridgehead atoms. The van der Waals surface area contributed by atoms with E-state index < -0.39 is 0 Å². The van der Waals surface area contributed by atoms with Gasteiger partial charge in [0.1, 0.15) is 11.5 Å². The van der Waals surface area contributed by atoms with E-state index in [9.17, 15) is 4.79 Å². The Morgan fingerprint density at radius 1 is 1.12 bits per heavy atom. The molecule has 2 fully saturated rings. The first-order valence-electron chi connectivity index (χ1n) is 9.44. The monoisotopic (exact) mass is 346 g/mol. The molecule has 0 saturated carbocycles. The molecule has 0 spiro atoms. The Balaban J connectivity index is 1.58. The summed E-state index contributed by atoms with van der Waals surface area (Å²) in [6, 6.07) is 6.16. The highest BCUT2D eigenvalue weighted by Gasteiger charge is 2.30. The summed E-state index contributed by atoms with van der Waals surface area (Å²) in [6.45, 7) is 4.35. The van der Waals surface area contributed by atoms with E-state index in [1.807, 2.05) is 18.2 Å². The Labute approximate surface area is 150 Å². The zero-order valence-corrected chi connectivity index (χ0v) is 15.5. The van der Waals surface area contributed by atoms with E-state index in [-0.39, 0.29) is 5.91 Å². The maximum absolute atomic E-state index is 12.8. The molecule has 2 heterocycles. The second-order valence-corrected chi connectivity index (χ2v) is 7.07. The van der Waals surface area contributed by atoms with Crippen molar-refractivity contribution in [1.29, 1.82) is 0 Å². The maximum atomic E-state index is 12.8. The molecule has 1 atom stereocenters. The van der Waals surface area contributed by atoms with Crippen LogP contribution in [0, 0.1) is 0 Å². The van der Waals surface area contributed by atoms with Crippen molar-refractivity contribution in [2.24, 2.45) is 0 Å². The third-order valence-corrected chi connectivity index (χ3v) is 5.46. The van der Waals surface area contributed by atoms with Gasteiger partial charge >= 0.3 is 0 Å². The fourth-order valence-electron chi connectivity index (χ4n) is 4.08. The first-order valence-corrected chi connectivity index (χ1v) is 9.44. The molecule has 0 aromatic heterocycles. The number of ether oxygens (including phenoxy) is 2. The van der Waals surface area contributed by atoms with Gasteiger partial charge in [-0.2, -0.15) is 0 Å². The predicted octanol–water partition coefficient (Wildman–Crippen LogP) is 2.72. The Morgan fingerprint density at radius 3 is 2.64 bits per heavy atom. The van der Waals surface area contributed by atoms with Crippen LogP contribution in [0.1, 0.15) is 37.7 Å². The highest BCUT2D eigenvalue weighted by Crippen LogP contribution is 2.26. The van der Waals surface area contributed by atoms with Crippen LogP contribution >= 0.6 is 0 Å². The van der Waals surface area contributed by atoms with Gasteiger partial charge in [-0.05, 0) is 69.0 Å². The number of benzene rings is 1. The van der Waals surface area contributed by atoms with Crippen molar-refractivity contribution in [3.05, 3.63) is 23.8 Å². The molecule has 3 rings (SSSR count). The summed E-state index contributed by atoms with van der Waals surface area (Å²) >= 11 is 0. The number of hydrogen-bond donors (Lipinski definition) is 0. The van der Waals surface area contributed by atoms with Gasteiger partial charge in [-0.1, -0.05) is 0 Å². The van der Waals surface area contributed by atoms with Gasteiger partial charge in [0.15, 0.2) is 0 Å². The van der Waals surface area contributed by atoms with Crippen molar-refractivity contribution in [2.75, 3.05) is 40.4 Å². The van der Waals surface area contributed by atoms with Crippen LogP contribution in [0.15, 0.2) is 18.2 Å². The Bertz CT molecular complexity index is 584. The molecule has 1 amide bonds. The molecular formula is C20H30N2O3. The van der Waals surface area contributed by atoms with Crippen molar-refractivity contribution in [3.8, 4) is 11.5 Å². The molecule has 5 nitrogen and oxygen atoms in total. The van der Waals surface area contributed by atoms with Gasteiger partial charge in [0.25, 0.3) is 0 Å². The van der Waals surface area contributed by atoms with Crippen LogP contribution in [0.25, 0.3) is 0 Å². The molecule has 5 heteroatoms. The zero-order valence-electron chi connectivity index (χ0n) is 15.5. The van der Waals surface area contributed by atoms with Gasteiger partial charge in [0.05, 0.1) is 14.2 Å². The summed E-state index contributed by atoms with van der Waals surface area (Å²) in [5.41, 5.74) is 1.03. The first kappa shape index (κ1) is 18.1. The first-order chi connectivity index (χ1) is 12.2. The molecule has 138 valence electrons. The van der Waals surface area contributed by atoms with E-state index in [4.69, 9.17) is 9.47 Å². The van der Waals surface area contributed by atoms with Gasteiger partial charge in [0, 0.05) is 25.6 Å². The van der Waals surface area contributed by atoms with E-state index >= 15 is 0 Å². The molecule has 2 aliphatic heterocycles. The largest absolute Gasteiger partial charge is 0.497 e. The number of methoxy groups -OCH3 is 2. The molecule has 0 radical (unpaired) electrons. The normalized spacial score (nSPS) is 20.9. The van der Waals surface area contributed by atoms with E-state index in [1.165, 1.54) is 25.9 Å². The standard InChI is InChI=1S/C20H30N2O3/c1-24-18-8-9-19(25-2)16(14-18)7-10-20(23)22-13-5-6-17(22)15-21-11-3-4-12-21/h8-9,14,17H,3-7,10-13,15H2,1-2H3/t17-/m1/s1. The van der Waals surface area contributed by atoms with Crippen molar-refractivity contribution in [3.63, 3.8) is 0 Å². The highest BCUT2D eigenvalue weighted by molar-refractivity contribution is 5.77. The van der Waals surface area contributed by atoms with Gasteiger partial charge in [0.2, 0.25) is 5.91 Å². The van der Waals surface area contributed by atoms with E-state index in [0.717, 1.165) is 43.0 Å². The lowest BCUT2D eigenvalue weighted by molar-refractivity contribution is -0.132. The molecule has 2 aliphatic rings. The number of nitrogens with zero attached hydrogens (tertiary/aromatic N) is 2. The van der Waals surface area contributed by atoms with E-state index in [1.54, 1.807) is 14.2 Å². The lowest BCUT2D eigenvalue weighted by atomic mass is 10.1. The second-order valence-electron chi connectivity index (χ2n) is 7.07.